The summed E-state index contributed by atoms with van der Waals surface area (Å²) in [6, 6.07) is 0. The molecule has 0 amide bonds. The number of hydroxylamine groups is 1. The van der Waals surface area contributed by atoms with E-state index in [0.717, 1.165) is 0 Å². The van der Waals surface area contributed by atoms with E-state index in [1.165, 1.54) is 0 Å². The Balaban J connectivity index is 4.40. The van der Waals surface area contributed by atoms with E-state index in [1.807, 2.05) is 13.8 Å². The van der Waals surface area contributed by atoms with Crippen molar-refractivity contribution in [3.8, 4) is 0 Å². The maximum absolute atomic E-state index is 11.8. The van der Waals surface area contributed by atoms with Gasteiger partial charge in [0.1, 0.15) is 11.1 Å². The molecule has 0 aliphatic heterocycles. The number of hydrogen-bond donors (Lipinski definition) is 0. The van der Waals surface area contributed by atoms with Crippen molar-refractivity contribution >= 4 is 5.97 Å². The van der Waals surface area contributed by atoms with Gasteiger partial charge in [-0.25, -0.2) is 4.79 Å². The van der Waals surface area contributed by atoms with Crippen LogP contribution in [0.4, 0.5) is 0 Å². The highest BCUT2D eigenvalue weighted by Gasteiger charge is 2.28. The molecular weight excluding hydrogens is 260 g/mol. The van der Waals surface area contributed by atoms with Crippen molar-refractivity contribution < 1.29 is 19.4 Å². The van der Waals surface area contributed by atoms with Gasteiger partial charge in [0, 0.05) is 20.8 Å². The van der Waals surface area contributed by atoms with Crippen molar-refractivity contribution in [3.05, 3.63) is 5.21 Å². The minimum Gasteiger partial charge on any atom is -0.600 e. The first-order valence-corrected chi connectivity index (χ1v) is 6.82. The Bertz CT molecular complexity index is 362. The van der Waals surface area contributed by atoms with Crippen molar-refractivity contribution in [2.45, 2.75) is 84.9 Å². The van der Waals surface area contributed by atoms with Crippen molar-refractivity contribution in [2.24, 2.45) is 5.11 Å². The van der Waals surface area contributed by atoms with Crippen molar-refractivity contribution in [1.82, 2.24) is 0 Å². The number of carbonyl (C=O) groups excluding carboxylic acids is 1. The van der Waals surface area contributed by atoms with Crippen LogP contribution < -0.4 is 0 Å². The Kier molecular flexibility index (Phi) is 6.14. The number of carbonyl (C=O) groups is 1. The molecule has 0 aliphatic rings. The summed E-state index contributed by atoms with van der Waals surface area (Å²) in [6.07, 6.45) is 0.554. The SMILES string of the molecule is CC(C)(CCC(=O)OOC(C)(C)C)N=[N+]([O-])C(C)(C)C. The first-order chi connectivity index (χ1) is 8.73. The van der Waals surface area contributed by atoms with Crippen LogP contribution in [0.1, 0.15) is 68.2 Å². The fourth-order valence-corrected chi connectivity index (χ4v) is 1.07. The van der Waals surface area contributed by atoms with E-state index in [0.29, 0.717) is 11.3 Å². The zero-order valence-electron chi connectivity index (χ0n) is 13.9. The predicted octanol–water partition coefficient (Wildman–Crippen LogP) is 3.58. The molecule has 0 fully saturated rings. The Morgan fingerprint density at radius 2 is 1.60 bits per heavy atom. The highest BCUT2D eigenvalue weighted by molar-refractivity contribution is 5.68. The van der Waals surface area contributed by atoms with Gasteiger partial charge in [0.05, 0.1) is 6.42 Å². The second-order valence-corrected chi connectivity index (χ2v) is 7.51. The van der Waals surface area contributed by atoms with Crippen LogP contribution in [0.3, 0.4) is 0 Å². The van der Waals surface area contributed by atoms with Crippen molar-refractivity contribution in [3.63, 3.8) is 0 Å². The lowest BCUT2D eigenvalue weighted by atomic mass is 10.00. The molecule has 6 nitrogen and oxygen atoms in total. The highest BCUT2D eigenvalue weighted by atomic mass is 17.2. The van der Waals surface area contributed by atoms with E-state index in [4.69, 9.17) is 9.78 Å². The highest BCUT2D eigenvalue weighted by Crippen LogP contribution is 2.20. The average molecular weight is 288 g/mol. The summed E-state index contributed by atoms with van der Waals surface area (Å²) in [5.41, 5.74) is -1.75. The minimum atomic E-state index is -0.629. The Morgan fingerprint density at radius 1 is 1.10 bits per heavy atom. The fraction of sp³-hybridized carbons (Fsp3) is 0.929. The number of hydrogen-bond acceptors (Lipinski definition) is 5. The molecule has 0 unspecified atom stereocenters. The van der Waals surface area contributed by atoms with Gasteiger partial charge < -0.3 is 5.21 Å². The van der Waals surface area contributed by atoms with E-state index in [2.05, 4.69) is 5.11 Å². The van der Waals surface area contributed by atoms with E-state index in [1.54, 1.807) is 41.5 Å². The van der Waals surface area contributed by atoms with Crippen LogP contribution in [0.5, 0.6) is 0 Å². The minimum absolute atomic E-state index is 0.143. The largest absolute Gasteiger partial charge is 0.600 e. The molecular formula is C14H28N2O4. The zero-order valence-corrected chi connectivity index (χ0v) is 13.9. The fourth-order valence-electron chi connectivity index (χ4n) is 1.07. The van der Waals surface area contributed by atoms with Gasteiger partial charge in [-0.15, -0.1) is 0 Å². The van der Waals surface area contributed by atoms with Gasteiger partial charge in [0.2, 0.25) is 0 Å². The third kappa shape index (κ3) is 8.85. The molecule has 0 aromatic carbocycles. The smallest absolute Gasteiger partial charge is 0.342 e. The molecule has 118 valence electrons. The average Bonchev–Trinajstić information content (AvgIpc) is 2.20. The molecule has 0 N–H and O–H groups in total. The molecule has 0 aromatic heterocycles. The lowest BCUT2D eigenvalue weighted by Gasteiger charge is -2.22. The van der Waals surface area contributed by atoms with Crippen molar-refractivity contribution in [2.75, 3.05) is 0 Å². The lowest BCUT2D eigenvalue weighted by Crippen LogP contribution is -2.32. The molecule has 0 bridgehead atoms. The lowest BCUT2D eigenvalue weighted by molar-refractivity contribution is -0.604. The van der Waals surface area contributed by atoms with Gasteiger partial charge in [-0.2, -0.15) is 4.89 Å². The maximum atomic E-state index is 11.8. The van der Waals surface area contributed by atoms with Crippen molar-refractivity contribution in [1.29, 1.82) is 0 Å². The number of rotatable bonds is 5. The molecule has 0 spiro atoms. The molecule has 6 heteroatoms. The predicted molar refractivity (Wildman–Crippen MR) is 76.1 cm³/mol. The molecule has 0 aliphatic carbocycles. The van der Waals surface area contributed by atoms with Crippen LogP contribution >= 0.6 is 0 Å². The summed E-state index contributed by atoms with van der Waals surface area (Å²) >= 11 is 0. The van der Waals surface area contributed by atoms with Crippen LogP contribution in [0, 0.1) is 5.21 Å². The van der Waals surface area contributed by atoms with Gasteiger partial charge >= 0.3 is 5.97 Å². The summed E-state index contributed by atoms with van der Waals surface area (Å²) < 4.78 is 0. The van der Waals surface area contributed by atoms with E-state index in [-0.39, 0.29) is 6.42 Å². The Morgan fingerprint density at radius 3 is 2.00 bits per heavy atom. The summed E-state index contributed by atoms with van der Waals surface area (Å²) in [6.45, 7) is 14.3. The van der Waals surface area contributed by atoms with Crippen LogP contribution in [0.2, 0.25) is 0 Å². The topological polar surface area (TPSA) is 74.0 Å². The first-order valence-electron chi connectivity index (χ1n) is 6.82. The van der Waals surface area contributed by atoms with E-state index < -0.39 is 22.6 Å². The molecule has 0 rings (SSSR count). The zero-order chi connectivity index (χ0) is 16.2. The van der Waals surface area contributed by atoms with Gasteiger partial charge in [0.25, 0.3) is 0 Å². The quantitative estimate of drug-likeness (QED) is 0.335. The molecule has 0 saturated carbocycles. The van der Waals surface area contributed by atoms with Gasteiger partial charge in [-0.3, -0.25) is 4.89 Å². The van der Waals surface area contributed by atoms with Crippen LogP contribution in [0.15, 0.2) is 5.11 Å². The van der Waals surface area contributed by atoms with Gasteiger partial charge in [-0.1, -0.05) is 4.86 Å². The van der Waals surface area contributed by atoms with Gasteiger partial charge in [0.15, 0.2) is 5.54 Å². The van der Waals surface area contributed by atoms with Gasteiger partial charge in [-0.05, 0) is 46.2 Å². The standard InChI is InChI=1S/C14H28N2O4/c1-12(2,3)16(18)15-14(7,8)10-9-11(17)19-20-13(4,5)6/h9-10H2,1-8H3. The van der Waals surface area contributed by atoms with Crippen LogP contribution in [-0.2, 0) is 14.6 Å². The third-order valence-corrected chi connectivity index (χ3v) is 2.26. The number of azo groups is 1. The Labute approximate surface area is 121 Å². The second-order valence-electron chi connectivity index (χ2n) is 7.51. The third-order valence-electron chi connectivity index (χ3n) is 2.26. The molecule has 0 aromatic rings. The van der Waals surface area contributed by atoms with Crippen LogP contribution in [0.25, 0.3) is 0 Å². The first kappa shape index (κ1) is 18.8. The summed E-state index contributed by atoms with van der Waals surface area (Å²) in [4.78, 5) is 21.9. The number of nitrogens with zero attached hydrogens (tertiary/aromatic N) is 2. The second kappa shape index (κ2) is 6.52. The molecule has 0 atom stereocenters. The van der Waals surface area contributed by atoms with Crippen LogP contribution in [-0.4, -0.2) is 27.5 Å². The van der Waals surface area contributed by atoms with E-state index in [9.17, 15) is 10.0 Å². The van der Waals surface area contributed by atoms with E-state index >= 15 is 0 Å². The normalized spacial score (nSPS) is 14.3. The molecule has 0 saturated heterocycles. The summed E-state index contributed by atoms with van der Waals surface area (Å²) in [5.74, 6) is -0.462. The monoisotopic (exact) mass is 288 g/mol. The maximum Gasteiger partial charge on any atom is 0.342 e. The molecule has 0 radical (unpaired) electrons. The summed E-state index contributed by atoms with van der Waals surface area (Å²) in [7, 11) is 0. The Hall–Kier alpha value is -1.17. The summed E-state index contributed by atoms with van der Waals surface area (Å²) in [5, 5.41) is 15.9. The molecule has 0 heterocycles. The molecule has 20 heavy (non-hydrogen) atoms.